The van der Waals surface area contributed by atoms with Crippen LogP contribution >= 0.6 is 11.6 Å². The number of carbonyl (C=O) groups excluding carboxylic acids is 4. The fourth-order valence-corrected chi connectivity index (χ4v) is 4.13. The number of nitrogens with zero attached hydrogens (tertiary/aromatic N) is 1. The summed E-state index contributed by atoms with van der Waals surface area (Å²) in [5, 5.41) is 3.04. The number of nitrogens with one attached hydrogen (secondary N) is 1. The molecule has 1 saturated heterocycles. The number of imide groups is 1. The van der Waals surface area contributed by atoms with Gasteiger partial charge < -0.3 is 10.1 Å². The summed E-state index contributed by atoms with van der Waals surface area (Å²) in [5.74, 6) is -2.29. The van der Waals surface area contributed by atoms with Gasteiger partial charge in [0.1, 0.15) is 0 Å². The molecule has 0 unspecified atom stereocenters. The van der Waals surface area contributed by atoms with Crippen LogP contribution in [0.4, 0.5) is 5.69 Å². The van der Waals surface area contributed by atoms with Gasteiger partial charge in [0.15, 0.2) is 6.61 Å². The van der Waals surface area contributed by atoms with Crippen molar-refractivity contribution in [2.75, 3.05) is 18.5 Å². The molecule has 1 aromatic carbocycles. The third-order valence-corrected chi connectivity index (χ3v) is 5.50. The average Bonchev–Trinajstić information content (AvgIpc) is 2.92. The van der Waals surface area contributed by atoms with Crippen molar-refractivity contribution in [1.82, 2.24) is 4.90 Å². The number of anilines is 1. The summed E-state index contributed by atoms with van der Waals surface area (Å²) in [6.07, 6.45) is 4.77. The van der Waals surface area contributed by atoms with Crippen LogP contribution in [0.3, 0.4) is 0 Å². The van der Waals surface area contributed by atoms with Crippen molar-refractivity contribution in [3.05, 3.63) is 40.4 Å². The van der Waals surface area contributed by atoms with E-state index in [1.54, 1.807) is 6.07 Å². The topological polar surface area (TPSA) is 92.8 Å². The van der Waals surface area contributed by atoms with Crippen molar-refractivity contribution >= 4 is 41.0 Å². The van der Waals surface area contributed by atoms with E-state index < -0.39 is 18.5 Å². The van der Waals surface area contributed by atoms with Gasteiger partial charge in [0, 0.05) is 6.54 Å². The quantitative estimate of drug-likeness (QED) is 0.435. The lowest BCUT2D eigenvalue weighted by molar-refractivity contribution is -0.148. The highest BCUT2D eigenvalue weighted by Gasteiger charge is 2.46. The van der Waals surface area contributed by atoms with Crippen LogP contribution in [0.5, 0.6) is 0 Å². The molecule has 1 aromatic rings. The number of rotatable bonds is 6. The van der Waals surface area contributed by atoms with Gasteiger partial charge in [-0.05, 0) is 43.9 Å². The van der Waals surface area contributed by atoms with Gasteiger partial charge in [0.05, 0.1) is 29.0 Å². The minimum atomic E-state index is -0.652. The molecule has 29 heavy (non-hydrogen) atoms. The number of aryl methyl sites for hydroxylation is 2. The van der Waals surface area contributed by atoms with Gasteiger partial charge in [0.25, 0.3) is 5.91 Å². The van der Waals surface area contributed by atoms with Crippen LogP contribution in [-0.2, 0) is 23.9 Å². The van der Waals surface area contributed by atoms with Crippen molar-refractivity contribution in [1.29, 1.82) is 0 Å². The van der Waals surface area contributed by atoms with E-state index in [1.807, 2.05) is 32.1 Å². The predicted molar refractivity (Wildman–Crippen MR) is 107 cm³/mol. The number of ether oxygens (including phenoxy) is 1. The molecule has 3 rings (SSSR count). The molecular formula is C21H23ClN2O5. The van der Waals surface area contributed by atoms with Gasteiger partial charge in [-0.15, -0.1) is 0 Å². The molecule has 8 heteroatoms. The van der Waals surface area contributed by atoms with Crippen molar-refractivity contribution in [3.63, 3.8) is 0 Å². The zero-order valence-electron chi connectivity index (χ0n) is 16.4. The standard InChI is InChI=1S/C21H23ClN2O5/c1-12-9-13(2)19(16(22)10-12)23-17(25)11-29-18(26)7-8-24-20(27)14-5-3-4-6-15(14)21(24)28/h3-4,9-10,14-15H,5-8,11H2,1-2H3,(H,23,25)/t14-,15+. The number of hydrogen-bond donors (Lipinski definition) is 1. The Hall–Kier alpha value is -2.67. The average molecular weight is 419 g/mol. The molecule has 0 bridgehead atoms. The second kappa shape index (κ2) is 8.78. The highest BCUT2D eigenvalue weighted by molar-refractivity contribution is 6.34. The van der Waals surface area contributed by atoms with E-state index in [0.29, 0.717) is 23.6 Å². The number of amides is 3. The van der Waals surface area contributed by atoms with Crippen molar-refractivity contribution in [3.8, 4) is 0 Å². The number of esters is 1. The molecule has 1 aliphatic carbocycles. The van der Waals surface area contributed by atoms with E-state index in [0.717, 1.165) is 16.0 Å². The Morgan fingerprint density at radius 2 is 1.76 bits per heavy atom. The highest BCUT2D eigenvalue weighted by atomic mass is 35.5. The Kier molecular flexibility index (Phi) is 6.37. The van der Waals surface area contributed by atoms with Gasteiger partial charge in [-0.2, -0.15) is 0 Å². The number of likely N-dealkylation sites (tertiary alicyclic amines) is 1. The van der Waals surface area contributed by atoms with Crippen LogP contribution in [0.1, 0.15) is 30.4 Å². The molecule has 1 aliphatic heterocycles. The summed E-state index contributed by atoms with van der Waals surface area (Å²) in [4.78, 5) is 49.9. The Labute approximate surface area is 174 Å². The molecule has 0 spiro atoms. The van der Waals surface area contributed by atoms with Crippen LogP contribution in [0, 0.1) is 25.7 Å². The maximum atomic E-state index is 12.4. The smallest absolute Gasteiger partial charge is 0.308 e. The SMILES string of the molecule is Cc1cc(C)c(NC(=O)COC(=O)CCN2C(=O)[C@H]3CC=CC[C@H]3C2=O)c(Cl)c1. The molecule has 2 atom stereocenters. The summed E-state index contributed by atoms with van der Waals surface area (Å²) < 4.78 is 4.97. The first-order valence-corrected chi connectivity index (χ1v) is 9.88. The number of benzene rings is 1. The molecule has 2 aliphatic rings. The molecule has 1 heterocycles. The number of allylic oxidation sites excluding steroid dienone is 2. The summed E-state index contributed by atoms with van der Waals surface area (Å²) in [5.41, 5.74) is 2.25. The molecule has 0 radical (unpaired) electrons. The molecule has 0 saturated carbocycles. The first kappa shape index (κ1) is 21.0. The molecule has 1 N–H and O–H groups in total. The van der Waals surface area contributed by atoms with Gasteiger partial charge in [-0.1, -0.05) is 29.8 Å². The second-order valence-corrected chi connectivity index (χ2v) is 7.79. The molecule has 7 nitrogen and oxygen atoms in total. The minimum Gasteiger partial charge on any atom is -0.456 e. The van der Waals surface area contributed by atoms with Gasteiger partial charge >= 0.3 is 5.97 Å². The third-order valence-electron chi connectivity index (χ3n) is 5.20. The second-order valence-electron chi connectivity index (χ2n) is 7.38. The summed E-state index contributed by atoms with van der Waals surface area (Å²) in [7, 11) is 0. The van der Waals surface area contributed by atoms with Crippen LogP contribution in [0.2, 0.25) is 5.02 Å². The van der Waals surface area contributed by atoms with Gasteiger partial charge in [0.2, 0.25) is 11.8 Å². The van der Waals surface area contributed by atoms with Crippen molar-refractivity contribution in [2.45, 2.75) is 33.1 Å². The zero-order chi connectivity index (χ0) is 21.1. The number of hydrogen-bond acceptors (Lipinski definition) is 5. The summed E-state index contributed by atoms with van der Waals surface area (Å²) >= 11 is 6.15. The Bertz CT molecular complexity index is 846. The minimum absolute atomic E-state index is 0.0337. The lowest BCUT2D eigenvalue weighted by Crippen LogP contribution is -2.33. The van der Waals surface area contributed by atoms with E-state index >= 15 is 0 Å². The van der Waals surface area contributed by atoms with Gasteiger partial charge in [-0.3, -0.25) is 24.1 Å². The van der Waals surface area contributed by atoms with Crippen LogP contribution < -0.4 is 5.32 Å². The number of halogens is 1. The summed E-state index contributed by atoms with van der Waals surface area (Å²) in [6, 6.07) is 3.61. The lowest BCUT2D eigenvalue weighted by atomic mass is 9.85. The normalized spacial score (nSPS) is 20.6. The predicted octanol–water partition coefficient (Wildman–Crippen LogP) is 2.78. The molecule has 154 valence electrons. The molecule has 0 aromatic heterocycles. The van der Waals surface area contributed by atoms with Gasteiger partial charge in [-0.25, -0.2) is 0 Å². The Balaban J connectivity index is 1.46. The molecular weight excluding hydrogens is 396 g/mol. The van der Waals surface area contributed by atoms with Crippen molar-refractivity contribution < 1.29 is 23.9 Å². The first-order chi connectivity index (χ1) is 13.8. The largest absolute Gasteiger partial charge is 0.456 e. The Morgan fingerprint density at radius 3 is 2.34 bits per heavy atom. The van der Waals surface area contributed by atoms with Crippen LogP contribution in [-0.4, -0.2) is 41.7 Å². The van der Waals surface area contributed by atoms with E-state index in [9.17, 15) is 19.2 Å². The Morgan fingerprint density at radius 1 is 1.14 bits per heavy atom. The maximum absolute atomic E-state index is 12.4. The fraction of sp³-hybridized carbons (Fsp3) is 0.429. The zero-order valence-corrected chi connectivity index (χ0v) is 17.1. The van der Waals surface area contributed by atoms with E-state index in [1.165, 1.54) is 0 Å². The lowest BCUT2D eigenvalue weighted by Gasteiger charge is -2.14. The van der Waals surface area contributed by atoms with E-state index in [2.05, 4.69) is 5.32 Å². The fourth-order valence-electron chi connectivity index (χ4n) is 3.76. The maximum Gasteiger partial charge on any atom is 0.308 e. The van der Waals surface area contributed by atoms with Crippen LogP contribution in [0.25, 0.3) is 0 Å². The monoisotopic (exact) mass is 418 g/mol. The first-order valence-electron chi connectivity index (χ1n) is 9.50. The van der Waals surface area contributed by atoms with E-state index in [4.69, 9.17) is 16.3 Å². The van der Waals surface area contributed by atoms with Crippen LogP contribution in [0.15, 0.2) is 24.3 Å². The van der Waals surface area contributed by atoms with E-state index in [-0.39, 0.29) is 36.6 Å². The van der Waals surface area contributed by atoms with Crippen molar-refractivity contribution in [2.24, 2.45) is 11.8 Å². The third kappa shape index (κ3) is 4.67. The number of fused-ring (bicyclic) bond motifs is 1. The molecule has 3 amide bonds. The summed E-state index contributed by atoms with van der Waals surface area (Å²) in [6.45, 7) is 3.21. The number of carbonyl (C=O) groups is 4. The highest BCUT2D eigenvalue weighted by Crippen LogP contribution is 2.35. The molecule has 1 fully saturated rings.